The molecule has 3 nitrogen and oxygen atoms in total. The molecule has 104 valence electrons. The molecule has 1 aromatic rings. The molecule has 1 heterocycles. The van der Waals surface area contributed by atoms with Crippen LogP contribution in [0.15, 0.2) is 24.3 Å². The van der Waals surface area contributed by atoms with Crippen molar-refractivity contribution in [3.05, 3.63) is 29.8 Å². The maximum absolute atomic E-state index is 11.8. The second-order valence-corrected chi connectivity index (χ2v) is 5.82. The average Bonchev–Trinajstić information content (AvgIpc) is 2.69. The van der Waals surface area contributed by atoms with Crippen LogP contribution < -0.4 is 10.2 Å². The molecule has 1 aromatic carbocycles. The van der Waals surface area contributed by atoms with E-state index in [0.717, 1.165) is 19.5 Å². The first kappa shape index (κ1) is 13.9. The van der Waals surface area contributed by atoms with Crippen molar-refractivity contribution < 1.29 is 4.79 Å². The molecule has 0 saturated heterocycles. The lowest BCUT2D eigenvalue weighted by Crippen LogP contribution is -2.35. The van der Waals surface area contributed by atoms with Crippen LogP contribution in [0.4, 0.5) is 5.69 Å². The van der Waals surface area contributed by atoms with Crippen LogP contribution in [0.2, 0.25) is 0 Å². The zero-order valence-corrected chi connectivity index (χ0v) is 12.1. The lowest BCUT2D eigenvalue weighted by Gasteiger charge is -2.24. The van der Waals surface area contributed by atoms with Crippen LogP contribution in [0.5, 0.6) is 0 Å². The Morgan fingerprint density at radius 1 is 1.42 bits per heavy atom. The number of rotatable bonds is 5. The molecule has 1 aliphatic rings. The molecular weight excluding hydrogens is 236 g/mol. The molecule has 0 radical (unpaired) electrons. The minimum atomic E-state index is 0.158. The van der Waals surface area contributed by atoms with E-state index in [-0.39, 0.29) is 5.91 Å². The van der Waals surface area contributed by atoms with E-state index < -0.39 is 0 Å². The minimum absolute atomic E-state index is 0.158. The Bertz CT molecular complexity index is 442. The number of benzene rings is 1. The molecule has 1 N–H and O–H groups in total. The van der Waals surface area contributed by atoms with Crippen molar-refractivity contribution in [2.24, 2.45) is 5.92 Å². The van der Waals surface area contributed by atoms with E-state index in [0.29, 0.717) is 18.4 Å². The maximum atomic E-state index is 11.8. The Hall–Kier alpha value is -1.51. The summed E-state index contributed by atoms with van der Waals surface area (Å²) >= 11 is 0. The smallest absolute Gasteiger partial charge is 0.221 e. The molecule has 0 saturated carbocycles. The van der Waals surface area contributed by atoms with E-state index >= 15 is 0 Å². The zero-order valence-electron chi connectivity index (χ0n) is 12.1. The highest BCUT2D eigenvalue weighted by Crippen LogP contribution is 2.31. The summed E-state index contributed by atoms with van der Waals surface area (Å²) in [7, 11) is 0. The van der Waals surface area contributed by atoms with Crippen molar-refractivity contribution in [3.8, 4) is 0 Å². The molecule has 0 aliphatic carbocycles. The Morgan fingerprint density at radius 2 is 2.16 bits per heavy atom. The van der Waals surface area contributed by atoms with Crippen LogP contribution in [-0.4, -0.2) is 25.0 Å². The number of fused-ring (bicyclic) bond motifs is 1. The highest BCUT2D eigenvalue weighted by atomic mass is 16.1. The summed E-state index contributed by atoms with van der Waals surface area (Å²) in [5.41, 5.74) is 2.70. The first-order chi connectivity index (χ1) is 9.08. The molecule has 0 aromatic heterocycles. The highest BCUT2D eigenvalue weighted by molar-refractivity contribution is 5.76. The van der Waals surface area contributed by atoms with Gasteiger partial charge in [-0.15, -0.1) is 0 Å². The van der Waals surface area contributed by atoms with Crippen LogP contribution >= 0.6 is 0 Å². The van der Waals surface area contributed by atoms with Crippen LogP contribution in [0.3, 0.4) is 0 Å². The van der Waals surface area contributed by atoms with Crippen LogP contribution in [-0.2, 0) is 11.2 Å². The number of hydrogen-bond donors (Lipinski definition) is 1. The number of para-hydroxylation sites is 1. The molecule has 0 bridgehead atoms. The fraction of sp³-hybridized carbons (Fsp3) is 0.562. The molecule has 1 atom stereocenters. The first-order valence-electron chi connectivity index (χ1n) is 7.19. The Kier molecular flexibility index (Phi) is 4.46. The summed E-state index contributed by atoms with van der Waals surface area (Å²) in [6.45, 7) is 8.03. The van der Waals surface area contributed by atoms with Crippen molar-refractivity contribution in [2.75, 3.05) is 18.0 Å². The Balaban J connectivity index is 1.88. The number of carbonyl (C=O) groups excluding carboxylic acids is 1. The van der Waals surface area contributed by atoms with E-state index in [2.05, 4.69) is 55.3 Å². The monoisotopic (exact) mass is 260 g/mol. The van der Waals surface area contributed by atoms with E-state index in [9.17, 15) is 4.79 Å². The van der Waals surface area contributed by atoms with Gasteiger partial charge >= 0.3 is 0 Å². The van der Waals surface area contributed by atoms with E-state index in [1.165, 1.54) is 11.3 Å². The van der Waals surface area contributed by atoms with Crippen molar-refractivity contribution in [2.45, 2.75) is 39.7 Å². The molecular formula is C16H24N2O. The van der Waals surface area contributed by atoms with Gasteiger partial charge in [-0.25, -0.2) is 0 Å². The number of carbonyl (C=O) groups is 1. The molecule has 0 spiro atoms. The lowest BCUT2D eigenvalue weighted by molar-refractivity contribution is -0.121. The summed E-state index contributed by atoms with van der Waals surface area (Å²) in [6, 6.07) is 9.00. The quantitative estimate of drug-likeness (QED) is 0.882. The molecule has 2 rings (SSSR count). The van der Waals surface area contributed by atoms with E-state index in [4.69, 9.17) is 0 Å². The van der Waals surface area contributed by atoms with Gasteiger partial charge in [0.1, 0.15) is 0 Å². The van der Waals surface area contributed by atoms with Crippen molar-refractivity contribution in [1.29, 1.82) is 0 Å². The Morgan fingerprint density at radius 3 is 2.89 bits per heavy atom. The van der Waals surface area contributed by atoms with Gasteiger partial charge in [0.05, 0.1) is 0 Å². The third-order valence-corrected chi connectivity index (χ3v) is 3.64. The van der Waals surface area contributed by atoms with Gasteiger partial charge in [0, 0.05) is 31.2 Å². The third-order valence-electron chi connectivity index (χ3n) is 3.64. The zero-order chi connectivity index (χ0) is 13.8. The molecule has 0 fully saturated rings. The summed E-state index contributed by atoms with van der Waals surface area (Å²) in [5, 5.41) is 2.98. The summed E-state index contributed by atoms with van der Waals surface area (Å²) in [4.78, 5) is 14.1. The SMILES string of the molecule is CC(C)CNC(=O)CCN1c2ccccc2CC1C. The normalized spacial score (nSPS) is 17.7. The number of nitrogens with zero attached hydrogens (tertiary/aromatic N) is 1. The first-order valence-corrected chi connectivity index (χ1v) is 7.19. The van der Waals surface area contributed by atoms with Crippen LogP contribution in [0.25, 0.3) is 0 Å². The molecule has 3 heteroatoms. The van der Waals surface area contributed by atoms with Crippen molar-refractivity contribution in [3.63, 3.8) is 0 Å². The average molecular weight is 260 g/mol. The fourth-order valence-corrected chi connectivity index (χ4v) is 2.60. The van der Waals surface area contributed by atoms with Gasteiger partial charge in [0.15, 0.2) is 0 Å². The largest absolute Gasteiger partial charge is 0.368 e. The second-order valence-electron chi connectivity index (χ2n) is 5.82. The van der Waals surface area contributed by atoms with Gasteiger partial charge < -0.3 is 10.2 Å². The summed E-state index contributed by atoms with van der Waals surface area (Å²) in [5.74, 6) is 0.667. The number of anilines is 1. The number of hydrogen-bond acceptors (Lipinski definition) is 2. The van der Waals surface area contributed by atoms with Gasteiger partial charge in [0.2, 0.25) is 5.91 Å². The van der Waals surface area contributed by atoms with Crippen molar-refractivity contribution in [1.82, 2.24) is 5.32 Å². The molecule has 1 unspecified atom stereocenters. The van der Waals surface area contributed by atoms with Gasteiger partial charge in [-0.3, -0.25) is 4.79 Å². The van der Waals surface area contributed by atoms with Crippen LogP contribution in [0.1, 0.15) is 32.8 Å². The van der Waals surface area contributed by atoms with E-state index in [1.807, 2.05) is 0 Å². The third kappa shape index (κ3) is 3.49. The topological polar surface area (TPSA) is 32.3 Å². The van der Waals surface area contributed by atoms with Gasteiger partial charge in [-0.2, -0.15) is 0 Å². The fourth-order valence-electron chi connectivity index (χ4n) is 2.60. The van der Waals surface area contributed by atoms with Gasteiger partial charge in [0.25, 0.3) is 0 Å². The lowest BCUT2D eigenvalue weighted by atomic mass is 10.1. The predicted octanol–water partition coefficient (Wildman–Crippen LogP) is 2.60. The Labute approximate surface area is 116 Å². The van der Waals surface area contributed by atoms with E-state index in [1.54, 1.807) is 0 Å². The summed E-state index contributed by atoms with van der Waals surface area (Å²) in [6.07, 6.45) is 1.66. The van der Waals surface area contributed by atoms with Crippen LogP contribution in [0, 0.1) is 5.92 Å². The van der Waals surface area contributed by atoms with Crippen molar-refractivity contribution >= 4 is 11.6 Å². The second kappa shape index (κ2) is 6.09. The minimum Gasteiger partial charge on any atom is -0.368 e. The standard InChI is InChI=1S/C16H24N2O/c1-12(2)11-17-16(19)8-9-18-13(3)10-14-6-4-5-7-15(14)18/h4-7,12-13H,8-11H2,1-3H3,(H,17,19). The maximum Gasteiger partial charge on any atom is 0.221 e. The van der Waals surface area contributed by atoms with Gasteiger partial charge in [-0.05, 0) is 30.9 Å². The number of nitrogens with one attached hydrogen (secondary N) is 1. The summed E-state index contributed by atoms with van der Waals surface area (Å²) < 4.78 is 0. The predicted molar refractivity (Wildman–Crippen MR) is 79.4 cm³/mol. The van der Waals surface area contributed by atoms with Gasteiger partial charge in [-0.1, -0.05) is 32.0 Å². The highest BCUT2D eigenvalue weighted by Gasteiger charge is 2.25. The molecule has 1 amide bonds. The number of amides is 1. The molecule has 1 aliphatic heterocycles. The molecule has 19 heavy (non-hydrogen) atoms.